The third-order valence-corrected chi connectivity index (χ3v) is 3.85. The van der Waals surface area contributed by atoms with Crippen LogP contribution in [0.25, 0.3) is 10.1 Å². The fourth-order valence-corrected chi connectivity index (χ4v) is 2.87. The van der Waals surface area contributed by atoms with Crippen LogP contribution in [0, 0.1) is 11.6 Å². The first-order chi connectivity index (χ1) is 8.02. The van der Waals surface area contributed by atoms with Crippen molar-refractivity contribution in [1.82, 2.24) is 0 Å². The van der Waals surface area contributed by atoms with E-state index in [0.29, 0.717) is 0 Å². The standard InChI is InChI=1S/C9H2Cl2F2OS.C2H6/c10-6-5-3(12)1-2-4(13)7(5)15-8(6)9(11)14;1-2/h1-2H;1-2H3. The van der Waals surface area contributed by atoms with Crippen molar-refractivity contribution in [2.45, 2.75) is 13.8 Å². The minimum Gasteiger partial charge on any atom is -0.275 e. The van der Waals surface area contributed by atoms with Crippen molar-refractivity contribution in [3.8, 4) is 0 Å². The second kappa shape index (κ2) is 5.76. The number of hydrogen-bond acceptors (Lipinski definition) is 2. The molecule has 0 spiro atoms. The highest BCUT2D eigenvalue weighted by Crippen LogP contribution is 2.38. The van der Waals surface area contributed by atoms with Crippen molar-refractivity contribution in [2.24, 2.45) is 0 Å². The van der Waals surface area contributed by atoms with Gasteiger partial charge in [-0.05, 0) is 23.7 Å². The molecule has 92 valence electrons. The molecule has 0 N–H and O–H groups in total. The second-order valence-corrected chi connectivity index (χ2v) is 4.49. The zero-order valence-corrected chi connectivity index (χ0v) is 11.3. The van der Waals surface area contributed by atoms with Crippen LogP contribution >= 0.6 is 34.5 Å². The molecule has 1 aromatic carbocycles. The van der Waals surface area contributed by atoms with Crippen LogP contribution in [0.3, 0.4) is 0 Å². The third kappa shape index (κ3) is 2.59. The molecule has 2 aromatic rings. The summed E-state index contributed by atoms with van der Waals surface area (Å²) in [6, 6.07) is 1.94. The lowest BCUT2D eigenvalue weighted by molar-refractivity contribution is 0.108. The van der Waals surface area contributed by atoms with E-state index in [1.165, 1.54) is 0 Å². The molecule has 0 aliphatic rings. The topological polar surface area (TPSA) is 17.1 Å². The maximum atomic E-state index is 13.3. The normalized spacial score (nSPS) is 10.0. The van der Waals surface area contributed by atoms with Crippen LogP contribution in [-0.4, -0.2) is 5.24 Å². The van der Waals surface area contributed by atoms with Gasteiger partial charge in [-0.3, -0.25) is 4.79 Å². The fraction of sp³-hybridized carbons (Fsp3) is 0.182. The fourth-order valence-electron chi connectivity index (χ4n) is 1.22. The van der Waals surface area contributed by atoms with Crippen molar-refractivity contribution in [1.29, 1.82) is 0 Å². The van der Waals surface area contributed by atoms with Crippen molar-refractivity contribution in [3.05, 3.63) is 33.7 Å². The molecule has 0 amide bonds. The molecule has 1 aromatic heterocycles. The van der Waals surface area contributed by atoms with E-state index in [4.69, 9.17) is 23.2 Å². The summed E-state index contributed by atoms with van der Waals surface area (Å²) >= 11 is 11.7. The van der Waals surface area contributed by atoms with E-state index >= 15 is 0 Å². The van der Waals surface area contributed by atoms with E-state index < -0.39 is 16.9 Å². The van der Waals surface area contributed by atoms with Crippen LogP contribution in [0.4, 0.5) is 8.78 Å². The Morgan fingerprint density at radius 3 is 2.24 bits per heavy atom. The molecule has 1 nitrogen and oxygen atoms in total. The van der Waals surface area contributed by atoms with Gasteiger partial charge < -0.3 is 0 Å². The number of benzene rings is 1. The van der Waals surface area contributed by atoms with E-state index in [1.807, 2.05) is 13.8 Å². The number of thiophene rings is 1. The predicted octanol–water partition coefficient (Wildman–Crippen LogP) is 5.24. The number of rotatable bonds is 1. The monoisotopic (exact) mass is 296 g/mol. The molecule has 6 heteroatoms. The predicted molar refractivity (Wildman–Crippen MR) is 68.3 cm³/mol. The van der Waals surface area contributed by atoms with Crippen molar-refractivity contribution in [2.75, 3.05) is 0 Å². The molecule has 0 aliphatic carbocycles. The van der Waals surface area contributed by atoms with E-state index in [0.717, 1.165) is 23.5 Å². The van der Waals surface area contributed by atoms with Crippen LogP contribution < -0.4 is 0 Å². The maximum Gasteiger partial charge on any atom is 0.263 e. The molecule has 17 heavy (non-hydrogen) atoms. The average molecular weight is 297 g/mol. The van der Waals surface area contributed by atoms with Gasteiger partial charge in [0.05, 0.1) is 15.1 Å². The Kier molecular flexibility index (Phi) is 4.86. The number of carbonyl (C=O) groups is 1. The average Bonchev–Trinajstić information content (AvgIpc) is 2.66. The third-order valence-electron chi connectivity index (χ3n) is 1.86. The Labute approximate surface area is 111 Å². The maximum absolute atomic E-state index is 13.3. The van der Waals surface area contributed by atoms with Gasteiger partial charge in [0.15, 0.2) is 0 Å². The summed E-state index contributed by atoms with van der Waals surface area (Å²) in [5.41, 5.74) is 0. The summed E-state index contributed by atoms with van der Waals surface area (Å²) in [7, 11) is 0. The number of fused-ring (bicyclic) bond motifs is 1. The Bertz CT molecular complexity index is 566. The molecule has 0 radical (unpaired) electrons. The molecule has 0 unspecified atom stereocenters. The van der Waals surface area contributed by atoms with Gasteiger partial charge in [0.2, 0.25) is 0 Å². The first-order valence-electron chi connectivity index (χ1n) is 4.78. The van der Waals surface area contributed by atoms with Crippen LogP contribution in [0.5, 0.6) is 0 Å². The smallest absolute Gasteiger partial charge is 0.263 e. The van der Waals surface area contributed by atoms with Crippen LogP contribution in [-0.2, 0) is 0 Å². The summed E-state index contributed by atoms with van der Waals surface area (Å²) in [5, 5.41) is -1.04. The molecule has 0 fully saturated rings. The minimum absolute atomic E-state index is 0.00370. The zero-order valence-electron chi connectivity index (χ0n) is 8.98. The molecule has 0 saturated carbocycles. The lowest BCUT2D eigenvalue weighted by atomic mass is 10.2. The Morgan fingerprint density at radius 1 is 1.24 bits per heavy atom. The highest BCUT2D eigenvalue weighted by Gasteiger charge is 2.20. The van der Waals surface area contributed by atoms with Crippen molar-refractivity contribution < 1.29 is 13.6 Å². The highest BCUT2D eigenvalue weighted by molar-refractivity contribution is 7.23. The second-order valence-electron chi connectivity index (χ2n) is 2.75. The summed E-state index contributed by atoms with van der Waals surface area (Å²) in [5.74, 6) is -1.29. The van der Waals surface area contributed by atoms with Gasteiger partial charge >= 0.3 is 0 Å². The van der Waals surface area contributed by atoms with Crippen LogP contribution in [0.15, 0.2) is 12.1 Å². The van der Waals surface area contributed by atoms with Gasteiger partial charge in [0.1, 0.15) is 16.5 Å². The summed E-state index contributed by atoms with van der Waals surface area (Å²) in [6.45, 7) is 4.00. The lowest BCUT2D eigenvalue weighted by Crippen LogP contribution is -1.83. The van der Waals surface area contributed by atoms with Gasteiger partial charge in [-0.2, -0.15) is 0 Å². The minimum atomic E-state index is -0.819. The van der Waals surface area contributed by atoms with Gasteiger partial charge in [0, 0.05) is 0 Å². The zero-order chi connectivity index (χ0) is 13.2. The Hall–Kier alpha value is -0.710. The largest absolute Gasteiger partial charge is 0.275 e. The number of hydrogen-bond donors (Lipinski definition) is 0. The first-order valence-corrected chi connectivity index (χ1v) is 6.35. The van der Waals surface area contributed by atoms with Gasteiger partial charge in [-0.15, -0.1) is 11.3 Å². The summed E-state index contributed by atoms with van der Waals surface area (Å²) < 4.78 is 26.6. The number of carbonyl (C=O) groups excluding carboxylic acids is 1. The van der Waals surface area contributed by atoms with E-state index in [9.17, 15) is 13.6 Å². The summed E-state index contributed by atoms with van der Waals surface area (Å²) in [4.78, 5) is 10.9. The molecule has 0 aliphatic heterocycles. The van der Waals surface area contributed by atoms with Crippen LogP contribution in [0.2, 0.25) is 5.02 Å². The molecular weight excluding hydrogens is 289 g/mol. The molecule has 1 heterocycles. The van der Waals surface area contributed by atoms with Gasteiger partial charge in [-0.1, -0.05) is 25.4 Å². The highest BCUT2D eigenvalue weighted by atomic mass is 35.5. The first kappa shape index (κ1) is 14.4. The molecular formula is C11H8Cl2F2OS. The Balaban J connectivity index is 0.000000686. The quantitative estimate of drug-likeness (QED) is 0.658. The molecule has 2 rings (SSSR count). The van der Waals surface area contributed by atoms with E-state index in [1.54, 1.807) is 0 Å². The molecule has 0 atom stereocenters. The lowest BCUT2D eigenvalue weighted by Gasteiger charge is -1.93. The van der Waals surface area contributed by atoms with Crippen molar-refractivity contribution in [3.63, 3.8) is 0 Å². The molecule has 0 bridgehead atoms. The number of halogens is 4. The summed E-state index contributed by atoms with van der Waals surface area (Å²) in [6.07, 6.45) is 0. The van der Waals surface area contributed by atoms with E-state index in [-0.39, 0.29) is 20.0 Å². The van der Waals surface area contributed by atoms with E-state index in [2.05, 4.69) is 0 Å². The van der Waals surface area contributed by atoms with Gasteiger partial charge in [-0.25, -0.2) is 8.78 Å². The van der Waals surface area contributed by atoms with Gasteiger partial charge in [0.25, 0.3) is 5.24 Å². The SMILES string of the molecule is CC.O=C(Cl)c1sc2c(F)ccc(F)c2c1Cl. The van der Waals surface area contributed by atoms with Crippen molar-refractivity contribution >= 4 is 49.9 Å². The van der Waals surface area contributed by atoms with Crippen LogP contribution in [0.1, 0.15) is 23.5 Å². The Morgan fingerprint density at radius 2 is 1.76 bits per heavy atom. The molecule has 0 saturated heterocycles.